The van der Waals surface area contributed by atoms with Gasteiger partial charge in [0.1, 0.15) is 5.82 Å². The second-order valence-corrected chi connectivity index (χ2v) is 6.19. The van der Waals surface area contributed by atoms with E-state index in [1.807, 2.05) is 6.07 Å². The molecule has 0 spiro atoms. The summed E-state index contributed by atoms with van der Waals surface area (Å²) < 4.78 is 13.4. The van der Waals surface area contributed by atoms with Crippen molar-refractivity contribution in [2.45, 2.75) is 39.7 Å². The zero-order valence-electron chi connectivity index (χ0n) is 11.9. The molecule has 0 saturated carbocycles. The fraction of sp³-hybridized carbons (Fsp3) is 0.500. The molecule has 3 nitrogen and oxygen atoms in total. The van der Waals surface area contributed by atoms with Crippen molar-refractivity contribution >= 4 is 5.91 Å². The largest absolute Gasteiger partial charge is 0.338 e. The lowest BCUT2D eigenvalue weighted by atomic mass is 9.85. The number of carbonyl (C=O) groups is 1. The number of benzene rings is 1. The average Bonchev–Trinajstić information content (AvgIpc) is 2.51. The Morgan fingerprint density at radius 2 is 2.10 bits per heavy atom. The van der Waals surface area contributed by atoms with Gasteiger partial charge in [0.2, 0.25) is 5.91 Å². The Kier molecular flexibility index (Phi) is 4.08. The Morgan fingerprint density at radius 1 is 1.35 bits per heavy atom. The molecule has 1 aliphatic heterocycles. The van der Waals surface area contributed by atoms with Crippen LogP contribution < -0.4 is 0 Å². The summed E-state index contributed by atoms with van der Waals surface area (Å²) in [5, 5.41) is 8.86. The molecule has 1 saturated heterocycles. The molecule has 1 amide bonds. The highest BCUT2D eigenvalue weighted by molar-refractivity contribution is 5.76. The molecular formula is C16H19FN2O. The van der Waals surface area contributed by atoms with Gasteiger partial charge in [-0.15, -0.1) is 0 Å². The summed E-state index contributed by atoms with van der Waals surface area (Å²) in [5.41, 5.74) is 1.14. The molecular weight excluding hydrogens is 255 g/mol. The second kappa shape index (κ2) is 5.62. The van der Waals surface area contributed by atoms with Gasteiger partial charge in [-0.1, -0.05) is 13.8 Å². The fourth-order valence-corrected chi connectivity index (χ4v) is 2.48. The van der Waals surface area contributed by atoms with Crippen molar-refractivity contribution in [2.75, 3.05) is 6.54 Å². The number of halogens is 1. The number of carbonyl (C=O) groups excluding carboxylic acids is 1. The van der Waals surface area contributed by atoms with E-state index in [0.717, 1.165) is 12.8 Å². The molecule has 1 fully saturated rings. The van der Waals surface area contributed by atoms with E-state index >= 15 is 0 Å². The number of nitrogens with zero attached hydrogens (tertiary/aromatic N) is 2. The maximum Gasteiger partial charge on any atom is 0.222 e. The van der Waals surface area contributed by atoms with Gasteiger partial charge in [-0.3, -0.25) is 4.79 Å². The molecule has 4 heteroatoms. The smallest absolute Gasteiger partial charge is 0.222 e. The van der Waals surface area contributed by atoms with Gasteiger partial charge in [-0.25, -0.2) is 4.39 Å². The number of rotatable bonds is 2. The minimum Gasteiger partial charge on any atom is -0.338 e. The van der Waals surface area contributed by atoms with Crippen molar-refractivity contribution in [3.8, 4) is 6.07 Å². The summed E-state index contributed by atoms with van der Waals surface area (Å²) in [7, 11) is 0. The molecule has 2 rings (SSSR count). The number of hydrogen-bond donors (Lipinski definition) is 0. The molecule has 1 aliphatic rings. The van der Waals surface area contributed by atoms with Gasteiger partial charge in [0.05, 0.1) is 11.6 Å². The number of likely N-dealkylation sites (tertiary alicyclic amines) is 1. The van der Waals surface area contributed by atoms with Crippen LogP contribution in [-0.4, -0.2) is 17.4 Å². The highest BCUT2D eigenvalue weighted by Crippen LogP contribution is 2.30. The first-order valence-electron chi connectivity index (χ1n) is 6.87. The normalized spacial score (nSPS) is 18.5. The van der Waals surface area contributed by atoms with Gasteiger partial charge in [-0.05, 0) is 42.0 Å². The average molecular weight is 274 g/mol. The van der Waals surface area contributed by atoms with E-state index in [2.05, 4.69) is 13.8 Å². The Balaban J connectivity index is 2.15. The number of amides is 1. The van der Waals surface area contributed by atoms with E-state index in [0.29, 0.717) is 30.6 Å². The number of hydrogen-bond acceptors (Lipinski definition) is 2. The van der Waals surface area contributed by atoms with Crippen molar-refractivity contribution in [1.29, 1.82) is 5.26 Å². The summed E-state index contributed by atoms with van der Waals surface area (Å²) >= 11 is 0. The van der Waals surface area contributed by atoms with Gasteiger partial charge in [-0.2, -0.15) is 5.26 Å². The van der Waals surface area contributed by atoms with Gasteiger partial charge < -0.3 is 4.90 Å². The zero-order chi connectivity index (χ0) is 14.8. The summed E-state index contributed by atoms with van der Waals surface area (Å²) in [5.74, 6) is -0.319. The van der Waals surface area contributed by atoms with Crippen LogP contribution >= 0.6 is 0 Å². The molecule has 1 heterocycles. The van der Waals surface area contributed by atoms with Crippen molar-refractivity contribution in [3.05, 3.63) is 35.1 Å². The molecule has 0 N–H and O–H groups in total. The van der Waals surface area contributed by atoms with Crippen LogP contribution in [0.1, 0.15) is 44.2 Å². The van der Waals surface area contributed by atoms with E-state index in [1.54, 1.807) is 11.0 Å². The van der Waals surface area contributed by atoms with E-state index in [-0.39, 0.29) is 11.3 Å². The molecule has 0 aliphatic carbocycles. The predicted octanol–water partition coefficient (Wildman–Crippen LogP) is 3.24. The molecule has 106 valence electrons. The quantitative estimate of drug-likeness (QED) is 0.831. The highest BCUT2D eigenvalue weighted by Gasteiger charge is 2.27. The molecule has 1 aromatic rings. The molecule has 1 aromatic carbocycles. The standard InChI is InChI=1S/C16H19FN2O/c1-16(2)4-3-15(20)19(6-5-16)11-13-7-12(10-18)8-14(17)9-13/h7-9H,3-6,11H2,1-2H3. The molecule has 0 atom stereocenters. The third kappa shape index (κ3) is 3.57. The molecule has 0 aromatic heterocycles. The van der Waals surface area contributed by atoms with Crippen LogP contribution in [0.4, 0.5) is 4.39 Å². The summed E-state index contributed by atoms with van der Waals surface area (Å²) in [4.78, 5) is 13.9. The van der Waals surface area contributed by atoms with E-state index < -0.39 is 5.82 Å². The third-order valence-electron chi connectivity index (χ3n) is 3.89. The highest BCUT2D eigenvalue weighted by atomic mass is 19.1. The van der Waals surface area contributed by atoms with Crippen molar-refractivity contribution in [2.24, 2.45) is 5.41 Å². The van der Waals surface area contributed by atoms with Gasteiger partial charge in [0, 0.05) is 19.5 Å². The van der Waals surface area contributed by atoms with Crippen molar-refractivity contribution in [1.82, 2.24) is 4.90 Å². The third-order valence-corrected chi connectivity index (χ3v) is 3.89. The maximum atomic E-state index is 13.4. The molecule has 0 unspecified atom stereocenters. The lowest BCUT2D eigenvalue weighted by molar-refractivity contribution is -0.131. The first-order chi connectivity index (χ1) is 9.39. The minimum atomic E-state index is -0.429. The SMILES string of the molecule is CC1(C)CCC(=O)N(Cc2cc(F)cc(C#N)c2)CC1. The summed E-state index contributed by atoms with van der Waals surface area (Å²) in [6, 6.07) is 6.18. The lowest BCUT2D eigenvalue weighted by Gasteiger charge is -2.23. The predicted molar refractivity (Wildman–Crippen MR) is 74.2 cm³/mol. The van der Waals surface area contributed by atoms with Crippen molar-refractivity contribution in [3.63, 3.8) is 0 Å². The maximum absolute atomic E-state index is 13.4. The van der Waals surface area contributed by atoms with Crippen LogP contribution in [0.25, 0.3) is 0 Å². The molecule has 20 heavy (non-hydrogen) atoms. The van der Waals surface area contributed by atoms with Gasteiger partial charge in [0.15, 0.2) is 0 Å². The Labute approximate surface area is 119 Å². The Hall–Kier alpha value is -1.89. The minimum absolute atomic E-state index is 0.110. The van der Waals surface area contributed by atoms with Crippen LogP contribution in [0.5, 0.6) is 0 Å². The Morgan fingerprint density at radius 3 is 2.80 bits per heavy atom. The Bertz CT molecular complexity index is 560. The topological polar surface area (TPSA) is 44.1 Å². The van der Waals surface area contributed by atoms with Crippen LogP contribution in [0.15, 0.2) is 18.2 Å². The first-order valence-corrected chi connectivity index (χ1v) is 6.87. The van der Waals surface area contributed by atoms with E-state index in [4.69, 9.17) is 5.26 Å². The second-order valence-electron chi connectivity index (χ2n) is 6.19. The lowest BCUT2D eigenvalue weighted by Crippen LogP contribution is -2.30. The van der Waals surface area contributed by atoms with Crippen molar-refractivity contribution < 1.29 is 9.18 Å². The van der Waals surface area contributed by atoms with Crippen LogP contribution in [0, 0.1) is 22.6 Å². The monoisotopic (exact) mass is 274 g/mol. The molecule has 0 bridgehead atoms. The zero-order valence-corrected chi connectivity index (χ0v) is 11.9. The number of nitriles is 1. The first kappa shape index (κ1) is 14.5. The van der Waals surface area contributed by atoms with Crippen LogP contribution in [-0.2, 0) is 11.3 Å². The molecule has 0 radical (unpaired) electrons. The summed E-state index contributed by atoms with van der Waals surface area (Å²) in [6.45, 7) is 5.39. The fourth-order valence-electron chi connectivity index (χ4n) is 2.48. The van der Waals surface area contributed by atoms with Gasteiger partial charge >= 0.3 is 0 Å². The van der Waals surface area contributed by atoms with Crippen LogP contribution in [0.2, 0.25) is 0 Å². The summed E-state index contributed by atoms with van der Waals surface area (Å²) in [6.07, 6.45) is 2.36. The van der Waals surface area contributed by atoms with E-state index in [9.17, 15) is 9.18 Å². The van der Waals surface area contributed by atoms with Crippen LogP contribution in [0.3, 0.4) is 0 Å². The van der Waals surface area contributed by atoms with Gasteiger partial charge in [0.25, 0.3) is 0 Å². The van der Waals surface area contributed by atoms with E-state index in [1.165, 1.54) is 12.1 Å².